The lowest BCUT2D eigenvalue weighted by Gasteiger charge is -2.10. The Bertz CT molecular complexity index is 922. The minimum atomic E-state index is -0.540. The minimum absolute atomic E-state index is 0.0553. The molecule has 0 unspecified atom stereocenters. The normalized spacial score (nSPS) is 10.7. The van der Waals surface area contributed by atoms with Crippen molar-refractivity contribution in [3.63, 3.8) is 0 Å². The summed E-state index contributed by atoms with van der Waals surface area (Å²) >= 11 is 5.93. The van der Waals surface area contributed by atoms with Crippen LogP contribution in [0.3, 0.4) is 0 Å². The molecule has 146 valence electrons. The third-order valence-electron chi connectivity index (χ3n) is 3.88. The topological polar surface area (TPSA) is 109 Å². The van der Waals surface area contributed by atoms with Crippen molar-refractivity contribution >= 4 is 28.9 Å². The van der Waals surface area contributed by atoms with Gasteiger partial charge in [-0.05, 0) is 42.3 Å². The number of methoxy groups -OCH3 is 2. The van der Waals surface area contributed by atoms with Crippen molar-refractivity contribution in [3.05, 3.63) is 58.8 Å². The Labute approximate surface area is 168 Å². The number of anilines is 2. The maximum Gasteiger partial charge on any atom is 0.267 e. The highest BCUT2D eigenvalue weighted by Crippen LogP contribution is 2.27. The van der Waals surface area contributed by atoms with Crippen molar-refractivity contribution in [3.8, 4) is 17.6 Å². The Morgan fingerprint density at radius 3 is 2.61 bits per heavy atom. The van der Waals surface area contributed by atoms with Crippen LogP contribution in [0.15, 0.2) is 48.2 Å². The summed E-state index contributed by atoms with van der Waals surface area (Å²) < 4.78 is 10.5. The van der Waals surface area contributed by atoms with Gasteiger partial charge >= 0.3 is 0 Å². The van der Waals surface area contributed by atoms with Crippen molar-refractivity contribution in [1.29, 1.82) is 5.26 Å². The lowest BCUT2D eigenvalue weighted by atomic mass is 10.1. The fourth-order valence-corrected chi connectivity index (χ4v) is 2.56. The number of rotatable bonds is 8. The predicted molar refractivity (Wildman–Crippen MR) is 109 cm³/mol. The summed E-state index contributed by atoms with van der Waals surface area (Å²) in [6.45, 7) is 0.529. The molecule has 0 atom stereocenters. The van der Waals surface area contributed by atoms with Crippen LogP contribution in [0.25, 0.3) is 0 Å². The lowest BCUT2D eigenvalue weighted by Crippen LogP contribution is -2.18. The van der Waals surface area contributed by atoms with E-state index in [1.807, 2.05) is 24.3 Å². The molecule has 0 heterocycles. The molecule has 0 aliphatic rings. The van der Waals surface area contributed by atoms with E-state index in [4.69, 9.17) is 26.8 Å². The Hall–Kier alpha value is -3.37. The molecule has 2 aromatic carbocycles. The number of nitriles is 1. The maximum absolute atomic E-state index is 12.2. The number of nitrogens with two attached hydrogens (primary N) is 1. The van der Waals surface area contributed by atoms with Crippen LogP contribution in [-0.4, -0.2) is 26.7 Å². The average molecular weight is 401 g/mol. The van der Waals surface area contributed by atoms with Crippen LogP contribution in [0.5, 0.6) is 11.5 Å². The van der Waals surface area contributed by atoms with Gasteiger partial charge in [0.15, 0.2) is 11.5 Å². The monoisotopic (exact) mass is 400 g/mol. The Kier molecular flexibility index (Phi) is 7.55. The van der Waals surface area contributed by atoms with E-state index in [-0.39, 0.29) is 5.57 Å². The van der Waals surface area contributed by atoms with E-state index in [9.17, 15) is 10.1 Å². The van der Waals surface area contributed by atoms with E-state index < -0.39 is 5.91 Å². The molecule has 7 nitrogen and oxygen atoms in total. The van der Waals surface area contributed by atoms with Crippen molar-refractivity contribution in [2.45, 2.75) is 6.42 Å². The molecule has 0 radical (unpaired) electrons. The summed E-state index contributed by atoms with van der Waals surface area (Å²) in [5.74, 6) is 0.766. The average Bonchev–Trinajstić information content (AvgIpc) is 2.70. The van der Waals surface area contributed by atoms with E-state index >= 15 is 0 Å². The highest BCUT2D eigenvalue weighted by atomic mass is 35.5. The number of benzene rings is 2. The molecule has 4 N–H and O–H groups in total. The fourth-order valence-electron chi connectivity index (χ4n) is 2.38. The van der Waals surface area contributed by atoms with Gasteiger partial charge in [-0.2, -0.15) is 5.26 Å². The number of nitrogens with zero attached hydrogens (tertiary/aromatic N) is 1. The van der Waals surface area contributed by atoms with Crippen LogP contribution in [0, 0.1) is 11.3 Å². The van der Waals surface area contributed by atoms with E-state index in [0.717, 1.165) is 5.56 Å². The van der Waals surface area contributed by atoms with Gasteiger partial charge in [0, 0.05) is 18.4 Å². The summed E-state index contributed by atoms with van der Waals surface area (Å²) in [5.41, 5.74) is 7.47. The molecule has 0 saturated carbocycles. The number of nitrogen functional groups attached to an aromatic ring is 1. The Morgan fingerprint density at radius 1 is 1.21 bits per heavy atom. The predicted octanol–water partition coefficient (Wildman–Crippen LogP) is 3.12. The summed E-state index contributed by atoms with van der Waals surface area (Å²) in [6.07, 6.45) is 2.06. The first-order valence-corrected chi connectivity index (χ1v) is 8.77. The highest BCUT2D eigenvalue weighted by molar-refractivity contribution is 6.33. The smallest absolute Gasteiger partial charge is 0.267 e. The van der Waals surface area contributed by atoms with Gasteiger partial charge in [-0.15, -0.1) is 0 Å². The van der Waals surface area contributed by atoms with Crippen LogP contribution in [0.4, 0.5) is 11.4 Å². The number of carbonyl (C=O) groups is 1. The summed E-state index contributed by atoms with van der Waals surface area (Å²) in [6, 6.07) is 12.2. The standard InChI is InChI=1S/C20H21ClN4O3/c1-27-18-6-3-13(9-19(18)28-2)7-8-24-12-14(11-22)20(26)25-15-4-5-17(23)16(21)10-15/h3-6,9-10,12,24H,7-8,23H2,1-2H3,(H,25,26)/b14-12-. The first-order valence-electron chi connectivity index (χ1n) is 8.39. The molecule has 0 bridgehead atoms. The molecule has 0 fully saturated rings. The van der Waals surface area contributed by atoms with Gasteiger partial charge in [0.1, 0.15) is 11.6 Å². The summed E-state index contributed by atoms with van der Waals surface area (Å²) in [7, 11) is 3.16. The second-order valence-electron chi connectivity index (χ2n) is 5.75. The zero-order valence-corrected chi connectivity index (χ0v) is 16.3. The number of hydrogen-bond acceptors (Lipinski definition) is 6. The van der Waals surface area contributed by atoms with Crippen LogP contribution in [0.1, 0.15) is 5.56 Å². The minimum Gasteiger partial charge on any atom is -0.493 e. The lowest BCUT2D eigenvalue weighted by molar-refractivity contribution is -0.112. The van der Waals surface area contributed by atoms with E-state index in [2.05, 4.69) is 10.6 Å². The van der Waals surface area contributed by atoms with Gasteiger partial charge < -0.3 is 25.8 Å². The van der Waals surface area contributed by atoms with Crippen LogP contribution in [0.2, 0.25) is 5.02 Å². The molecule has 0 saturated heterocycles. The molecule has 1 amide bonds. The second-order valence-corrected chi connectivity index (χ2v) is 6.16. The number of ether oxygens (including phenoxy) is 2. The van der Waals surface area contributed by atoms with Gasteiger partial charge in [0.05, 0.1) is 24.9 Å². The van der Waals surface area contributed by atoms with Crippen molar-refractivity contribution in [2.75, 3.05) is 31.8 Å². The third kappa shape index (κ3) is 5.56. The highest BCUT2D eigenvalue weighted by Gasteiger charge is 2.10. The molecule has 2 rings (SSSR count). The largest absolute Gasteiger partial charge is 0.493 e. The molecule has 0 aliphatic carbocycles. The van der Waals surface area contributed by atoms with Gasteiger partial charge in [-0.1, -0.05) is 17.7 Å². The Morgan fingerprint density at radius 2 is 1.96 bits per heavy atom. The summed E-state index contributed by atoms with van der Waals surface area (Å²) in [5, 5.41) is 15.1. The van der Waals surface area contributed by atoms with Crippen molar-refractivity contribution in [2.24, 2.45) is 0 Å². The van der Waals surface area contributed by atoms with Gasteiger partial charge in [0.25, 0.3) is 5.91 Å². The van der Waals surface area contributed by atoms with E-state index in [1.165, 1.54) is 12.3 Å². The molecular weight excluding hydrogens is 380 g/mol. The van der Waals surface area contributed by atoms with Crippen LogP contribution >= 0.6 is 11.6 Å². The number of amides is 1. The number of halogens is 1. The number of nitrogens with one attached hydrogen (secondary N) is 2. The second kappa shape index (κ2) is 10.1. The summed E-state index contributed by atoms with van der Waals surface area (Å²) in [4.78, 5) is 12.2. The molecule has 0 aliphatic heterocycles. The molecule has 0 spiro atoms. The SMILES string of the molecule is COc1ccc(CCN/C=C(/C#N)C(=O)Nc2ccc(N)c(Cl)c2)cc1OC. The molecule has 2 aromatic rings. The quantitative estimate of drug-likeness (QED) is 0.272. The molecule has 0 aromatic heterocycles. The van der Waals surface area contributed by atoms with Crippen LogP contribution in [-0.2, 0) is 11.2 Å². The van der Waals surface area contributed by atoms with E-state index in [0.29, 0.717) is 40.9 Å². The first kappa shape index (κ1) is 20.9. The van der Waals surface area contributed by atoms with Gasteiger partial charge in [-0.25, -0.2) is 0 Å². The number of hydrogen-bond donors (Lipinski definition) is 3. The van der Waals surface area contributed by atoms with Crippen molar-refractivity contribution < 1.29 is 14.3 Å². The molecule has 8 heteroatoms. The van der Waals surface area contributed by atoms with Crippen molar-refractivity contribution in [1.82, 2.24) is 5.32 Å². The number of carbonyl (C=O) groups excluding carboxylic acids is 1. The van der Waals surface area contributed by atoms with Gasteiger partial charge in [-0.3, -0.25) is 4.79 Å². The molecule has 28 heavy (non-hydrogen) atoms. The Balaban J connectivity index is 1.93. The maximum atomic E-state index is 12.2. The van der Waals surface area contributed by atoms with Gasteiger partial charge in [0.2, 0.25) is 0 Å². The van der Waals surface area contributed by atoms with E-state index in [1.54, 1.807) is 26.4 Å². The zero-order valence-electron chi connectivity index (χ0n) is 15.6. The zero-order chi connectivity index (χ0) is 20.5. The molecular formula is C20H21ClN4O3. The van der Waals surface area contributed by atoms with Crippen LogP contribution < -0.4 is 25.8 Å². The first-order chi connectivity index (χ1) is 13.5. The fraction of sp³-hybridized carbons (Fsp3) is 0.200. The third-order valence-corrected chi connectivity index (χ3v) is 4.20.